The third-order valence-electron chi connectivity index (χ3n) is 24.2. The zero-order valence-electron chi connectivity index (χ0n) is 62.8. The fourth-order valence-corrected chi connectivity index (χ4v) is 17.0. The van der Waals surface area contributed by atoms with Crippen molar-refractivity contribution in [2.45, 2.75) is 253 Å². The second-order valence-electron chi connectivity index (χ2n) is 31.5. The molecule has 4 aliphatic carbocycles. The zero-order valence-corrected chi connectivity index (χ0v) is 62.8. The van der Waals surface area contributed by atoms with Crippen LogP contribution < -0.4 is 16.0 Å². The molecule has 2 unspecified atom stereocenters. The average molecular weight is 1540 g/mol. The molecule has 3 N–H and O–H groups in total. The highest BCUT2D eigenvalue weighted by molar-refractivity contribution is 6.01. The second-order valence-corrected chi connectivity index (χ2v) is 31.5. The van der Waals surface area contributed by atoms with Crippen LogP contribution in [0.4, 0.5) is 43.9 Å². The number of alkyl halides is 10. The number of carbonyl (C=O) groups excluding carboxylic acids is 12. The van der Waals surface area contributed by atoms with Gasteiger partial charge in [-0.15, -0.1) is 0 Å². The first kappa shape index (κ1) is 85.5. The maximum atomic E-state index is 16.1. The molecule has 4 aliphatic heterocycles. The number of nitrogens with zero attached hydrogens (tertiary/aromatic N) is 9. The summed E-state index contributed by atoms with van der Waals surface area (Å²) in [5, 5.41) is 7.79. The molecule has 12 amide bonds. The molecular formula is C72H108F10N12O13. The minimum absolute atomic E-state index is 0.0232. The molecule has 2 bridgehead atoms. The van der Waals surface area contributed by atoms with E-state index in [1.54, 1.807) is 13.8 Å². The summed E-state index contributed by atoms with van der Waals surface area (Å²) in [5.74, 6) is -22.5. The molecular weight excluding hydrogens is 1430 g/mol. The molecule has 107 heavy (non-hydrogen) atoms. The predicted molar refractivity (Wildman–Crippen MR) is 366 cm³/mol. The Morgan fingerprint density at radius 3 is 1.79 bits per heavy atom. The first-order valence-corrected chi connectivity index (χ1v) is 37.9. The van der Waals surface area contributed by atoms with Gasteiger partial charge in [0.15, 0.2) is 0 Å². The van der Waals surface area contributed by atoms with Gasteiger partial charge in [0, 0.05) is 68.3 Å². The minimum Gasteiger partial charge on any atom is -0.378 e. The maximum absolute atomic E-state index is 16.1. The van der Waals surface area contributed by atoms with Gasteiger partial charge in [-0.05, 0) is 133 Å². The normalized spacial score (nSPS) is 32.7. The van der Waals surface area contributed by atoms with Crippen LogP contribution in [0.3, 0.4) is 0 Å². The molecule has 8 aliphatic rings. The number of nitrogens with one attached hydrogen (secondary N) is 3. The number of hydrogen-bond acceptors (Lipinski definition) is 13. The van der Waals surface area contributed by atoms with E-state index in [1.807, 2.05) is 0 Å². The largest absolute Gasteiger partial charge is 0.397 e. The number of carbonyl (C=O) groups is 12. The molecule has 25 nitrogen and oxygen atoms in total. The number of hydrogen-bond donors (Lipinski definition) is 3. The number of rotatable bonds is 9. The van der Waals surface area contributed by atoms with Gasteiger partial charge in [-0.25, -0.2) is 17.6 Å². The minimum atomic E-state index is -5.28. The van der Waals surface area contributed by atoms with Gasteiger partial charge in [-0.1, -0.05) is 46.0 Å². The van der Waals surface area contributed by atoms with Gasteiger partial charge in [0.25, 0.3) is 5.92 Å². The smallest absolute Gasteiger partial charge is 0.378 e. The lowest BCUT2D eigenvalue weighted by molar-refractivity contribution is -0.219. The number of ether oxygens (including phenoxy) is 1. The molecule has 604 valence electrons. The van der Waals surface area contributed by atoms with Crippen LogP contribution in [-0.4, -0.2) is 294 Å². The van der Waals surface area contributed by atoms with Crippen molar-refractivity contribution in [1.29, 1.82) is 0 Å². The summed E-state index contributed by atoms with van der Waals surface area (Å²) in [4.78, 5) is 189. The Balaban J connectivity index is 1.18. The van der Waals surface area contributed by atoms with Gasteiger partial charge in [0.2, 0.25) is 70.9 Å². The van der Waals surface area contributed by atoms with Gasteiger partial charge in [-0.2, -0.15) is 26.3 Å². The summed E-state index contributed by atoms with van der Waals surface area (Å²) in [5.41, 5.74) is -1.91. The maximum Gasteiger partial charge on any atom is 0.397 e. The van der Waals surface area contributed by atoms with Crippen LogP contribution in [0.2, 0.25) is 0 Å². The Morgan fingerprint density at radius 2 is 1.21 bits per heavy atom. The first-order chi connectivity index (χ1) is 50.1. The van der Waals surface area contributed by atoms with Crippen molar-refractivity contribution in [2.24, 2.45) is 35.5 Å². The van der Waals surface area contributed by atoms with E-state index in [4.69, 9.17) is 4.74 Å². The first-order valence-electron chi connectivity index (χ1n) is 37.9. The highest BCUT2D eigenvalue weighted by Crippen LogP contribution is 2.46. The van der Waals surface area contributed by atoms with Crippen LogP contribution in [0.5, 0.6) is 0 Å². The number of likely N-dealkylation sites (N-methyl/N-ethyl adjacent to an activating group) is 6. The summed E-state index contributed by atoms with van der Waals surface area (Å²) in [6.07, 6.45) is -17.7. The van der Waals surface area contributed by atoms with Crippen LogP contribution in [0, 0.1) is 35.5 Å². The quantitative estimate of drug-likeness (QED) is 0.239. The molecule has 4 saturated carbocycles. The molecule has 1 spiro atoms. The van der Waals surface area contributed by atoms with Crippen LogP contribution >= 0.6 is 0 Å². The number of amides is 12. The summed E-state index contributed by atoms with van der Waals surface area (Å²) < 4.78 is 153. The average Bonchev–Trinajstić information content (AvgIpc) is 1.75. The molecule has 8 fully saturated rings. The molecule has 11 atom stereocenters. The standard InChI is InChI=1S/C72H108F10N12O13/c1-10-41(2)58-66(104)87(5)39-56(97)89(7)50-19-12-11-15-28-93(65(50)103)52(35-43-20-23-46(24-21-43)71(77,78)79)63(101)86(4)38-54(95)83-49(25-22-44-33-47(73)57(48(74)34-44)72(80,81)82)62(100)94-40-70(75,76)37-53(94)61(99)85-69(26-16-27-69)68(106)91(9)59(45-17-13-14-18-45)67(105)90(8)51(64(102)92-29-31-107-32-30-92)36-55(96)88(6)42(3)60(98)84-58/h41-53,57-59H,10-40H2,1-9H3,(H,83,95)(H,84,98)(H,85,99)/t41-,42-,43?,44?,46?,47?,48?,49-,50-,51-,52-,53-,57?,58-,59-/m0/s1. The van der Waals surface area contributed by atoms with Crippen LogP contribution in [0.1, 0.15) is 168 Å². The Morgan fingerprint density at radius 1 is 0.607 bits per heavy atom. The lowest BCUT2D eigenvalue weighted by Crippen LogP contribution is -2.68. The van der Waals surface area contributed by atoms with E-state index in [-0.39, 0.29) is 90.6 Å². The lowest BCUT2D eigenvalue weighted by Gasteiger charge is -2.47. The van der Waals surface area contributed by atoms with Crippen molar-refractivity contribution >= 4 is 70.9 Å². The molecule has 0 aromatic heterocycles. The monoisotopic (exact) mass is 1540 g/mol. The van der Waals surface area contributed by atoms with Gasteiger partial charge in [0.1, 0.15) is 72.1 Å². The topological polar surface area (TPSA) is 279 Å². The van der Waals surface area contributed by atoms with Gasteiger partial charge in [0.05, 0.1) is 45.2 Å². The Bertz CT molecular complexity index is 3210. The van der Waals surface area contributed by atoms with Gasteiger partial charge >= 0.3 is 12.4 Å². The summed E-state index contributed by atoms with van der Waals surface area (Å²) in [6.45, 7) is 1.89. The lowest BCUT2D eigenvalue weighted by atomic mass is 9.74. The van der Waals surface area contributed by atoms with E-state index in [0.29, 0.717) is 56.3 Å². The highest BCUT2D eigenvalue weighted by atomic mass is 19.4. The van der Waals surface area contributed by atoms with E-state index < -0.39 is 249 Å². The van der Waals surface area contributed by atoms with E-state index >= 15 is 41.5 Å². The number of halogens is 10. The molecule has 0 aromatic carbocycles. The van der Waals surface area contributed by atoms with E-state index in [0.717, 1.165) is 36.4 Å². The van der Waals surface area contributed by atoms with Crippen molar-refractivity contribution in [3.63, 3.8) is 0 Å². The molecule has 8 rings (SSSR count). The van der Waals surface area contributed by atoms with Gasteiger partial charge < -0.3 is 64.8 Å². The molecule has 4 saturated heterocycles. The van der Waals surface area contributed by atoms with Crippen LogP contribution in [0.15, 0.2) is 0 Å². The molecule has 35 heteroatoms. The highest BCUT2D eigenvalue weighted by Gasteiger charge is 2.58. The van der Waals surface area contributed by atoms with Crippen molar-refractivity contribution in [2.75, 3.05) is 94.8 Å². The Kier molecular flexibility index (Phi) is 28.5. The van der Waals surface area contributed by atoms with E-state index in [1.165, 1.54) is 52.0 Å². The predicted octanol–water partition coefficient (Wildman–Crippen LogP) is 5.55. The summed E-state index contributed by atoms with van der Waals surface area (Å²) >= 11 is 0. The molecule has 4 heterocycles. The number of morpholine rings is 1. The van der Waals surface area contributed by atoms with Crippen molar-refractivity contribution in [3.05, 3.63) is 0 Å². The number of fused-ring (bicyclic) bond motifs is 3. The Labute approximate surface area is 618 Å². The van der Waals surface area contributed by atoms with Crippen molar-refractivity contribution < 1.29 is 106 Å². The summed E-state index contributed by atoms with van der Waals surface area (Å²) in [7, 11) is 7.64. The van der Waals surface area contributed by atoms with Crippen LogP contribution in [-0.2, 0) is 62.3 Å². The van der Waals surface area contributed by atoms with Crippen molar-refractivity contribution in [1.82, 2.24) is 60.0 Å². The van der Waals surface area contributed by atoms with Crippen LogP contribution in [0.25, 0.3) is 0 Å². The third-order valence-corrected chi connectivity index (χ3v) is 24.2. The third kappa shape index (κ3) is 20.3. The van der Waals surface area contributed by atoms with Crippen molar-refractivity contribution in [3.8, 4) is 0 Å². The van der Waals surface area contributed by atoms with E-state index in [2.05, 4.69) is 16.0 Å². The SMILES string of the molecule is CC[C@H](C)[C@@H]1NC(=O)[C@H](C)N(C)C(=O)C[C@@H](C(=O)N2CCOCC2)N(C)C(=O)[C@H](C2CCCC2)N(C)C(=O)C2(CCC2)NC(=O)[C@@H]2CC(F)(F)CN2C(=O)[C@H](CCC2CC(F)C(C(F)(F)F)C(F)C2)NC(=O)CN(C)C(=O)[C@H](CC2CCC(C(F)(F)F)CC2)N2CCCCC[C@@H](C2=O)N(C)C(=O)CN(C)C1=O. The molecule has 0 radical (unpaired) electrons. The summed E-state index contributed by atoms with van der Waals surface area (Å²) in [6, 6.07) is -12.6. The Hall–Kier alpha value is -7.10. The molecule has 0 aromatic rings. The van der Waals surface area contributed by atoms with Gasteiger partial charge in [-0.3, -0.25) is 57.5 Å². The fraction of sp³-hybridized carbons (Fsp3) is 0.833. The zero-order chi connectivity index (χ0) is 79.1. The second kappa shape index (κ2) is 35.7. The fourth-order valence-electron chi connectivity index (χ4n) is 17.0. The van der Waals surface area contributed by atoms with E-state index in [9.17, 15) is 59.9 Å².